The van der Waals surface area contributed by atoms with E-state index in [-0.39, 0.29) is 11.9 Å². The highest BCUT2D eigenvalue weighted by atomic mass is 32.2. The van der Waals surface area contributed by atoms with Gasteiger partial charge in [0.25, 0.3) is 0 Å². The first kappa shape index (κ1) is 67.6. The Kier molecular flexibility index (Phi) is 31.0. The van der Waals surface area contributed by atoms with Crippen LogP contribution in [-0.4, -0.2) is 43.4 Å². The maximum atomic E-state index is 12.8. The molecule has 8 rings (SSSR count). The summed E-state index contributed by atoms with van der Waals surface area (Å²) < 4.78 is 11.3. The molecule has 0 amide bonds. The predicted molar refractivity (Wildman–Crippen MR) is 366 cm³/mol. The lowest BCUT2D eigenvalue weighted by Gasteiger charge is -2.08. The first-order valence-corrected chi connectivity index (χ1v) is 34.7. The molecule has 0 unspecified atom stereocenters. The lowest BCUT2D eigenvalue weighted by molar-refractivity contribution is 0.0725. The van der Waals surface area contributed by atoms with Gasteiger partial charge < -0.3 is 9.47 Å². The van der Waals surface area contributed by atoms with Crippen LogP contribution in [0.1, 0.15) is 207 Å². The van der Waals surface area contributed by atoms with E-state index in [9.17, 15) is 9.59 Å². The molecule has 0 spiro atoms. The average molecular weight is 1200 g/mol. The van der Waals surface area contributed by atoms with Gasteiger partial charge in [0.2, 0.25) is 0 Å². The average Bonchev–Trinajstić information content (AvgIpc) is 3.74. The van der Waals surface area contributed by atoms with Crippen LogP contribution in [0.4, 0.5) is 0 Å². The Labute approximate surface area is 530 Å². The van der Waals surface area contributed by atoms with Gasteiger partial charge in [0, 0.05) is 45.7 Å². The number of hydrogen-bond donors (Lipinski definition) is 0. The number of carbonyl (C=O) groups is 2. The largest absolute Gasteiger partial charge is 0.423 e. The van der Waals surface area contributed by atoms with E-state index in [1.165, 1.54) is 180 Å². The summed E-state index contributed by atoms with van der Waals surface area (Å²) in [7, 11) is 0. The number of thioether (sulfide) groups is 2. The molecule has 2 heterocycles. The fourth-order valence-corrected chi connectivity index (χ4v) is 12.0. The van der Waals surface area contributed by atoms with Crippen LogP contribution >= 0.6 is 23.5 Å². The number of unbranched alkanes of at least 4 members (excludes halogenated alkanes) is 19. The Morgan fingerprint density at radius 1 is 0.310 bits per heavy atom. The van der Waals surface area contributed by atoms with E-state index in [2.05, 4.69) is 96.2 Å². The number of rotatable bonds is 37. The molecule has 8 nitrogen and oxygen atoms in total. The maximum absolute atomic E-state index is 12.8. The second kappa shape index (κ2) is 39.8. The van der Waals surface area contributed by atoms with Crippen molar-refractivity contribution in [3.63, 3.8) is 0 Å². The van der Waals surface area contributed by atoms with Crippen LogP contribution in [0.5, 0.6) is 11.5 Å². The summed E-state index contributed by atoms with van der Waals surface area (Å²) in [6, 6.07) is 47.4. The standard InChI is InChI=1S/C39H48N2O2S.C38H46N2O2S/c1-3-5-7-9-10-11-12-14-28-44-37-26-22-33(23-27-37)32-16-18-35(19-17-32)39(42)43-36-24-20-34(21-25-36)38-40-29-31(30-41-38)15-13-8-6-4-2;1-3-5-7-9-10-11-13-27-43-36-25-21-32(22-26-36)31-15-17-34(18-16-31)38(41)42-35-23-19-33(20-24-35)37-39-28-30(29-40-37)14-12-8-6-4-2/h16-27,29-30H,3-15,28H2,1-2H3;15-26,28-29H,3-14,27H2,1-2H3. The van der Waals surface area contributed by atoms with Crippen molar-refractivity contribution in [2.45, 2.75) is 198 Å². The molecule has 458 valence electrons. The van der Waals surface area contributed by atoms with Crippen LogP contribution in [0.15, 0.2) is 180 Å². The maximum Gasteiger partial charge on any atom is 0.343 e. The van der Waals surface area contributed by atoms with E-state index in [0.29, 0.717) is 34.3 Å². The number of esters is 2. The summed E-state index contributed by atoms with van der Waals surface area (Å²) in [6.45, 7) is 8.98. The highest BCUT2D eigenvalue weighted by Gasteiger charge is 2.13. The quantitative estimate of drug-likeness (QED) is 0.0162. The number of aromatic nitrogens is 4. The highest BCUT2D eigenvalue weighted by molar-refractivity contribution is 7.99. The van der Waals surface area contributed by atoms with Crippen molar-refractivity contribution in [2.75, 3.05) is 11.5 Å². The minimum absolute atomic E-state index is 0.374. The first-order chi connectivity index (χ1) is 42.8. The molecule has 0 aliphatic heterocycles. The highest BCUT2D eigenvalue weighted by Crippen LogP contribution is 2.29. The van der Waals surface area contributed by atoms with E-state index < -0.39 is 0 Å². The molecule has 0 fully saturated rings. The SMILES string of the molecule is CCCCCCCCCCSc1ccc(-c2ccc(C(=O)Oc3ccc(-c4ncc(CCCCCC)cn4)cc3)cc2)cc1.CCCCCCCCCSc1ccc(-c2ccc(C(=O)Oc3ccc(-c4ncc(CCCCCC)cn4)cc3)cc2)cc1. The molecule has 0 aliphatic carbocycles. The van der Waals surface area contributed by atoms with Crippen molar-refractivity contribution < 1.29 is 19.1 Å². The summed E-state index contributed by atoms with van der Waals surface area (Å²) in [5.41, 5.74) is 9.61. The zero-order valence-electron chi connectivity index (χ0n) is 52.5. The van der Waals surface area contributed by atoms with Crippen LogP contribution < -0.4 is 9.47 Å². The lowest BCUT2D eigenvalue weighted by Crippen LogP contribution is -2.08. The van der Waals surface area contributed by atoms with Gasteiger partial charge in [-0.15, -0.1) is 23.5 Å². The Bertz CT molecular complexity index is 3150. The zero-order valence-corrected chi connectivity index (χ0v) is 54.1. The molecule has 0 bridgehead atoms. The van der Waals surface area contributed by atoms with Crippen molar-refractivity contribution in [3.8, 4) is 56.5 Å². The number of carbonyl (C=O) groups excluding carboxylic acids is 2. The van der Waals surface area contributed by atoms with Crippen LogP contribution in [0.3, 0.4) is 0 Å². The molecule has 0 atom stereocenters. The second-order valence-electron chi connectivity index (χ2n) is 22.8. The molecular weight excluding hydrogens is 1110 g/mol. The van der Waals surface area contributed by atoms with Crippen molar-refractivity contribution in [2.24, 2.45) is 0 Å². The van der Waals surface area contributed by atoms with Crippen LogP contribution in [0, 0.1) is 0 Å². The van der Waals surface area contributed by atoms with Gasteiger partial charge in [0.05, 0.1) is 11.1 Å². The summed E-state index contributed by atoms with van der Waals surface area (Å²) in [5.74, 6) is 3.93. The van der Waals surface area contributed by atoms with Gasteiger partial charge in [-0.3, -0.25) is 0 Å². The molecule has 6 aromatic carbocycles. The molecule has 8 aromatic rings. The third-order valence-corrected chi connectivity index (χ3v) is 17.8. The summed E-state index contributed by atoms with van der Waals surface area (Å²) >= 11 is 3.87. The summed E-state index contributed by atoms with van der Waals surface area (Å²) in [5, 5.41) is 0. The summed E-state index contributed by atoms with van der Waals surface area (Å²) in [4.78, 5) is 46.3. The van der Waals surface area contributed by atoms with E-state index in [4.69, 9.17) is 9.47 Å². The van der Waals surface area contributed by atoms with E-state index in [1.807, 2.05) is 121 Å². The third-order valence-electron chi connectivity index (χ3n) is 15.6. The fourth-order valence-electron chi connectivity index (χ4n) is 10.2. The fraction of sp³-hybridized carbons (Fsp3) is 0.403. The van der Waals surface area contributed by atoms with Gasteiger partial charge in [-0.1, -0.05) is 198 Å². The van der Waals surface area contributed by atoms with Crippen molar-refractivity contribution in [1.29, 1.82) is 0 Å². The molecule has 2 aromatic heterocycles. The van der Waals surface area contributed by atoms with E-state index >= 15 is 0 Å². The molecule has 0 N–H and O–H groups in total. The Morgan fingerprint density at radius 2 is 0.575 bits per heavy atom. The van der Waals surface area contributed by atoms with Crippen LogP contribution in [0.25, 0.3) is 45.0 Å². The number of hydrogen-bond acceptors (Lipinski definition) is 10. The van der Waals surface area contributed by atoms with Crippen molar-refractivity contribution in [3.05, 3.63) is 193 Å². The molecule has 10 heteroatoms. The second-order valence-corrected chi connectivity index (χ2v) is 25.1. The molecule has 0 aliphatic rings. The van der Waals surface area contributed by atoms with E-state index in [0.717, 1.165) is 46.2 Å². The molecule has 0 saturated heterocycles. The smallest absolute Gasteiger partial charge is 0.343 e. The molecular formula is C77H94N4O4S2. The van der Waals surface area contributed by atoms with Gasteiger partial charge in [-0.05, 0) is 180 Å². The minimum atomic E-state index is -0.375. The Morgan fingerprint density at radius 3 is 0.885 bits per heavy atom. The molecule has 0 saturated carbocycles. The Balaban J connectivity index is 0.000000249. The zero-order chi connectivity index (χ0) is 60.9. The van der Waals surface area contributed by atoms with Crippen LogP contribution in [-0.2, 0) is 12.8 Å². The lowest BCUT2D eigenvalue weighted by atomic mass is 10.0. The Hall–Kier alpha value is -6.88. The van der Waals surface area contributed by atoms with Gasteiger partial charge in [-0.25, -0.2) is 29.5 Å². The minimum Gasteiger partial charge on any atom is -0.423 e. The number of nitrogens with zero attached hydrogens (tertiary/aromatic N) is 4. The summed E-state index contributed by atoms with van der Waals surface area (Å²) in [6.07, 6.45) is 39.8. The topological polar surface area (TPSA) is 104 Å². The third kappa shape index (κ3) is 24.7. The molecule has 87 heavy (non-hydrogen) atoms. The van der Waals surface area contributed by atoms with E-state index in [1.54, 1.807) is 24.3 Å². The molecule has 0 radical (unpaired) electrons. The van der Waals surface area contributed by atoms with Crippen LogP contribution in [0.2, 0.25) is 0 Å². The van der Waals surface area contributed by atoms with Gasteiger partial charge in [0.15, 0.2) is 11.6 Å². The van der Waals surface area contributed by atoms with Crippen molar-refractivity contribution >= 4 is 35.5 Å². The number of benzene rings is 6. The number of aryl methyl sites for hydroxylation is 2. The first-order valence-electron chi connectivity index (χ1n) is 32.8. The predicted octanol–water partition coefficient (Wildman–Crippen LogP) is 22.4. The van der Waals surface area contributed by atoms with Gasteiger partial charge >= 0.3 is 11.9 Å². The van der Waals surface area contributed by atoms with Gasteiger partial charge in [-0.2, -0.15) is 0 Å². The van der Waals surface area contributed by atoms with Crippen molar-refractivity contribution in [1.82, 2.24) is 19.9 Å². The monoisotopic (exact) mass is 1200 g/mol. The normalized spacial score (nSPS) is 11.0. The number of ether oxygens (including phenoxy) is 2. The van der Waals surface area contributed by atoms with Gasteiger partial charge in [0.1, 0.15) is 11.5 Å².